The third-order valence-electron chi connectivity index (χ3n) is 3.39. The van der Waals surface area contributed by atoms with Gasteiger partial charge in [-0.05, 0) is 49.2 Å². The van der Waals surface area contributed by atoms with Crippen LogP contribution in [0.1, 0.15) is 19.3 Å². The molecular weight excluding hydrogens is 342 g/mol. The molecule has 0 radical (unpaired) electrons. The molecule has 0 aliphatic heterocycles. The number of nitrogens with zero attached hydrogens (tertiary/aromatic N) is 1. The van der Waals surface area contributed by atoms with E-state index in [1.807, 2.05) is 0 Å². The predicted octanol–water partition coefficient (Wildman–Crippen LogP) is 2.26. The molecule has 1 amide bonds. The van der Waals surface area contributed by atoms with Gasteiger partial charge in [0.2, 0.25) is 5.91 Å². The van der Waals surface area contributed by atoms with Crippen LogP contribution in [-0.4, -0.2) is 32.2 Å². The first kappa shape index (κ1) is 18.7. The highest BCUT2D eigenvalue weighted by atomic mass is 32.2. The van der Waals surface area contributed by atoms with Crippen molar-refractivity contribution in [2.45, 2.75) is 24.2 Å². The molecule has 0 aliphatic rings. The Morgan fingerprint density at radius 3 is 2.48 bits per heavy atom. The molecule has 0 aliphatic carbocycles. The van der Waals surface area contributed by atoms with Gasteiger partial charge >= 0.3 is 0 Å². The Hall–Kier alpha value is -2.61. The quantitative estimate of drug-likeness (QED) is 0.696. The lowest BCUT2D eigenvalue weighted by atomic mass is 10.2. The largest absolute Gasteiger partial charge is 0.494 e. The van der Waals surface area contributed by atoms with Crippen LogP contribution < -0.4 is 15.8 Å². The summed E-state index contributed by atoms with van der Waals surface area (Å²) in [6, 6.07) is 9.59. The number of aromatic nitrogens is 1. The molecule has 0 spiro atoms. The summed E-state index contributed by atoms with van der Waals surface area (Å²) in [6.07, 6.45) is 4.43. The van der Waals surface area contributed by atoms with Gasteiger partial charge in [0.25, 0.3) is 0 Å². The lowest BCUT2D eigenvalue weighted by Crippen LogP contribution is -2.12. The molecule has 0 unspecified atom stereocenters. The Bertz CT molecular complexity index is 803. The van der Waals surface area contributed by atoms with Gasteiger partial charge in [-0.2, -0.15) is 0 Å². The number of anilines is 2. The Kier molecular flexibility index (Phi) is 6.35. The molecule has 2 aromatic rings. The van der Waals surface area contributed by atoms with Gasteiger partial charge in [-0.25, -0.2) is 13.4 Å². The first-order valence-corrected chi connectivity index (χ1v) is 9.68. The summed E-state index contributed by atoms with van der Waals surface area (Å²) in [7, 11) is -3.20. The summed E-state index contributed by atoms with van der Waals surface area (Å²) in [6.45, 7) is 0.453. The third kappa shape index (κ3) is 6.42. The fraction of sp³-hybridized carbons (Fsp3) is 0.294. The minimum absolute atomic E-state index is 0.0934. The van der Waals surface area contributed by atoms with Gasteiger partial charge in [-0.15, -0.1) is 0 Å². The number of carbonyl (C=O) groups excluding carboxylic acids is 1. The van der Waals surface area contributed by atoms with Gasteiger partial charge in [0, 0.05) is 12.7 Å². The number of sulfone groups is 1. The van der Waals surface area contributed by atoms with Crippen molar-refractivity contribution in [1.82, 2.24) is 4.98 Å². The van der Waals surface area contributed by atoms with E-state index in [1.54, 1.807) is 24.3 Å². The zero-order chi connectivity index (χ0) is 18.3. The van der Waals surface area contributed by atoms with E-state index >= 15 is 0 Å². The van der Waals surface area contributed by atoms with Crippen LogP contribution >= 0.6 is 0 Å². The molecule has 0 fully saturated rings. The van der Waals surface area contributed by atoms with E-state index in [0.29, 0.717) is 43.1 Å². The second-order valence-electron chi connectivity index (χ2n) is 5.57. The lowest BCUT2D eigenvalue weighted by molar-refractivity contribution is -0.116. The molecule has 3 N–H and O–H groups in total. The topological polar surface area (TPSA) is 111 Å². The van der Waals surface area contributed by atoms with Crippen LogP contribution in [0, 0.1) is 0 Å². The van der Waals surface area contributed by atoms with Crippen LogP contribution in [-0.2, 0) is 14.6 Å². The average Bonchev–Trinajstić information content (AvgIpc) is 2.56. The number of nitrogen functional groups attached to an aromatic ring is 1. The molecular formula is C17H21N3O4S. The lowest BCUT2D eigenvalue weighted by Gasteiger charge is -2.07. The smallest absolute Gasteiger partial charge is 0.224 e. The second-order valence-corrected chi connectivity index (χ2v) is 7.58. The number of amides is 1. The van der Waals surface area contributed by atoms with E-state index < -0.39 is 9.84 Å². The molecule has 8 heteroatoms. The third-order valence-corrected chi connectivity index (χ3v) is 4.52. The summed E-state index contributed by atoms with van der Waals surface area (Å²) < 4.78 is 28.3. The molecule has 2 rings (SSSR count). The number of pyridine rings is 1. The maximum Gasteiger partial charge on any atom is 0.224 e. The van der Waals surface area contributed by atoms with Gasteiger partial charge in [0.05, 0.1) is 23.4 Å². The number of unbranched alkanes of at least 4 members (excludes halogenated alkanes) is 1. The summed E-state index contributed by atoms with van der Waals surface area (Å²) >= 11 is 0. The van der Waals surface area contributed by atoms with E-state index in [0.717, 1.165) is 6.26 Å². The number of hydrogen-bond donors (Lipinski definition) is 2. The molecule has 0 atom stereocenters. The molecule has 134 valence electrons. The van der Waals surface area contributed by atoms with Gasteiger partial charge < -0.3 is 15.8 Å². The molecule has 0 saturated heterocycles. The highest BCUT2D eigenvalue weighted by Crippen LogP contribution is 2.16. The number of ether oxygens (including phenoxy) is 1. The Morgan fingerprint density at radius 2 is 1.88 bits per heavy atom. The van der Waals surface area contributed by atoms with Crippen molar-refractivity contribution in [3.8, 4) is 5.75 Å². The minimum Gasteiger partial charge on any atom is -0.494 e. The Balaban J connectivity index is 1.66. The minimum atomic E-state index is -3.20. The number of carbonyl (C=O) groups is 1. The number of rotatable bonds is 8. The van der Waals surface area contributed by atoms with Crippen molar-refractivity contribution in [2.75, 3.05) is 23.9 Å². The Labute approximate surface area is 147 Å². The molecule has 0 saturated carbocycles. The van der Waals surface area contributed by atoms with Gasteiger partial charge in [0.15, 0.2) is 9.84 Å². The predicted molar refractivity (Wildman–Crippen MR) is 96.2 cm³/mol. The summed E-state index contributed by atoms with van der Waals surface area (Å²) in [5.74, 6) is 0.911. The first-order chi connectivity index (χ1) is 11.8. The first-order valence-electron chi connectivity index (χ1n) is 7.79. The average molecular weight is 363 g/mol. The van der Waals surface area contributed by atoms with Crippen molar-refractivity contribution in [3.05, 3.63) is 42.6 Å². The monoisotopic (exact) mass is 363 g/mol. The van der Waals surface area contributed by atoms with E-state index in [4.69, 9.17) is 10.5 Å². The fourth-order valence-corrected chi connectivity index (χ4v) is 2.69. The summed E-state index contributed by atoms with van der Waals surface area (Å²) in [5, 5.41) is 2.74. The zero-order valence-corrected chi connectivity index (χ0v) is 14.8. The van der Waals surface area contributed by atoms with Crippen molar-refractivity contribution < 1.29 is 17.9 Å². The van der Waals surface area contributed by atoms with Crippen LogP contribution in [0.2, 0.25) is 0 Å². The highest BCUT2D eigenvalue weighted by Gasteiger charge is 2.06. The van der Waals surface area contributed by atoms with Crippen LogP contribution in [0.5, 0.6) is 5.75 Å². The van der Waals surface area contributed by atoms with Gasteiger partial charge in [-0.1, -0.05) is 0 Å². The van der Waals surface area contributed by atoms with E-state index in [1.165, 1.54) is 18.3 Å². The van der Waals surface area contributed by atoms with Crippen molar-refractivity contribution in [1.29, 1.82) is 0 Å². The maximum absolute atomic E-state index is 11.8. The van der Waals surface area contributed by atoms with E-state index in [2.05, 4.69) is 10.3 Å². The van der Waals surface area contributed by atoms with E-state index in [9.17, 15) is 13.2 Å². The molecule has 1 heterocycles. The van der Waals surface area contributed by atoms with Crippen LogP contribution in [0.3, 0.4) is 0 Å². The van der Waals surface area contributed by atoms with Crippen LogP contribution in [0.25, 0.3) is 0 Å². The van der Waals surface area contributed by atoms with Crippen LogP contribution in [0.15, 0.2) is 47.5 Å². The summed E-state index contributed by atoms with van der Waals surface area (Å²) in [4.78, 5) is 16.0. The normalized spacial score (nSPS) is 11.1. The molecule has 1 aromatic heterocycles. The summed E-state index contributed by atoms with van der Waals surface area (Å²) in [5.41, 5.74) is 6.09. The standard InChI is InChI=1S/C17H21N3O4S/c1-25(22,23)15-8-6-14(7-9-15)24-11-3-2-4-17(21)20-13-5-10-16(18)19-12-13/h5-10,12H,2-4,11H2,1H3,(H2,18,19)(H,20,21). The van der Waals surface area contributed by atoms with E-state index in [-0.39, 0.29) is 10.8 Å². The van der Waals surface area contributed by atoms with Crippen molar-refractivity contribution in [3.63, 3.8) is 0 Å². The van der Waals surface area contributed by atoms with Crippen molar-refractivity contribution >= 4 is 27.2 Å². The fourth-order valence-electron chi connectivity index (χ4n) is 2.06. The van der Waals surface area contributed by atoms with Gasteiger partial charge in [-0.3, -0.25) is 4.79 Å². The number of nitrogens with two attached hydrogens (primary N) is 1. The van der Waals surface area contributed by atoms with Crippen LogP contribution in [0.4, 0.5) is 11.5 Å². The number of hydrogen-bond acceptors (Lipinski definition) is 6. The molecule has 0 bridgehead atoms. The second kappa shape index (κ2) is 8.48. The number of benzene rings is 1. The molecule has 25 heavy (non-hydrogen) atoms. The number of nitrogens with one attached hydrogen (secondary N) is 1. The molecule has 1 aromatic carbocycles. The maximum atomic E-state index is 11.8. The zero-order valence-electron chi connectivity index (χ0n) is 13.9. The van der Waals surface area contributed by atoms with Crippen molar-refractivity contribution in [2.24, 2.45) is 0 Å². The highest BCUT2D eigenvalue weighted by molar-refractivity contribution is 7.90. The SMILES string of the molecule is CS(=O)(=O)c1ccc(OCCCCC(=O)Nc2ccc(N)nc2)cc1. The molecule has 7 nitrogen and oxygen atoms in total. The Morgan fingerprint density at radius 1 is 1.16 bits per heavy atom. The van der Waals surface area contributed by atoms with Gasteiger partial charge in [0.1, 0.15) is 11.6 Å².